The molecule has 9 heavy (non-hydrogen) atoms. The highest BCUT2D eigenvalue weighted by molar-refractivity contribution is 5.23. The summed E-state index contributed by atoms with van der Waals surface area (Å²) in [4.78, 5) is 0. The highest BCUT2D eigenvalue weighted by Crippen LogP contribution is 1.88. The van der Waals surface area contributed by atoms with Crippen LogP contribution in [0, 0.1) is 11.3 Å². The molecule has 0 amide bonds. The molecular formula is C6H5N2O+. The number of nitrogens with zero attached hydrogens (tertiary/aromatic N) is 2. The molecule has 0 aliphatic rings. The molecule has 0 bridgehead atoms. The minimum Gasteiger partial charge on any atom is -0.285 e. The van der Waals surface area contributed by atoms with Crippen LogP contribution in [0.1, 0.15) is 5.56 Å². The molecule has 0 atom stereocenters. The highest BCUT2D eigenvalue weighted by Gasteiger charge is 1.93. The minimum absolute atomic E-state index is 0.542. The lowest BCUT2D eigenvalue weighted by atomic mass is 10.3. The summed E-state index contributed by atoms with van der Waals surface area (Å²) in [5.41, 5.74) is 0.542. The van der Waals surface area contributed by atoms with Gasteiger partial charge in [-0.15, -0.1) is 0 Å². The molecule has 1 heterocycles. The molecule has 0 saturated heterocycles. The summed E-state index contributed by atoms with van der Waals surface area (Å²) in [6.07, 6.45) is 2.80. The SMILES string of the molecule is N#Cc1cc[n+](O)cc1. The zero-order valence-electron chi connectivity index (χ0n) is 4.65. The zero-order chi connectivity index (χ0) is 6.69. The number of hydrogen-bond acceptors (Lipinski definition) is 2. The fourth-order valence-corrected chi connectivity index (χ4v) is 0.493. The molecule has 0 aliphatic heterocycles. The van der Waals surface area contributed by atoms with Crippen molar-refractivity contribution >= 4 is 0 Å². The summed E-state index contributed by atoms with van der Waals surface area (Å²) in [6.45, 7) is 0. The standard InChI is InChI=1S/C6H5N2O/c7-5-6-1-3-8(9)4-2-6/h1-4,9H/q+1. The largest absolute Gasteiger partial charge is 0.285 e. The van der Waals surface area contributed by atoms with Gasteiger partial charge in [0.05, 0.1) is 11.6 Å². The van der Waals surface area contributed by atoms with Gasteiger partial charge in [-0.25, -0.2) is 0 Å². The van der Waals surface area contributed by atoms with Crippen molar-refractivity contribution < 1.29 is 9.94 Å². The van der Waals surface area contributed by atoms with Gasteiger partial charge in [-0.1, -0.05) is 0 Å². The van der Waals surface area contributed by atoms with Crippen LogP contribution in [-0.2, 0) is 0 Å². The van der Waals surface area contributed by atoms with E-state index in [-0.39, 0.29) is 0 Å². The molecule has 1 rings (SSSR count). The second kappa shape index (κ2) is 2.14. The molecule has 0 radical (unpaired) electrons. The summed E-state index contributed by atoms with van der Waals surface area (Å²) in [5.74, 6) is 0. The van der Waals surface area contributed by atoms with Gasteiger partial charge < -0.3 is 0 Å². The molecule has 1 aromatic heterocycles. The van der Waals surface area contributed by atoms with Crippen LogP contribution in [0.4, 0.5) is 0 Å². The third kappa shape index (κ3) is 1.16. The second-order valence-corrected chi connectivity index (χ2v) is 1.58. The Balaban J connectivity index is 3.06. The lowest BCUT2D eigenvalue weighted by Crippen LogP contribution is -2.27. The number of aromatic nitrogens is 1. The lowest BCUT2D eigenvalue weighted by molar-refractivity contribution is -0.904. The normalized spacial score (nSPS) is 8.33. The van der Waals surface area contributed by atoms with Gasteiger partial charge in [0.2, 0.25) is 12.4 Å². The van der Waals surface area contributed by atoms with E-state index in [1.807, 2.05) is 6.07 Å². The molecule has 0 spiro atoms. The van der Waals surface area contributed by atoms with Crippen molar-refractivity contribution in [3.8, 4) is 6.07 Å². The first kappa shape index (κ1) is 5.57. The Hall–Kier alpha value is -1.56. The predicted molar refractivity (Wildman–Crippen MR) is 28.5 cm³/mol. The topological polar surface area (TPSA) is 47.9 Å². The van der Waals surface area contributed by atoms with E-state index in [0.29, 0.717) is 5.56 Å². The molecular weight excluding hydrogens is 116 g/mol. The van der Waals surface area contributed by atoms with E-state index < -0.39 is 0 Å². The van der Waals surface area contributed by atoms with E-state index in [9.17, 15) is 0 Å². The molecule has 3 nitrogen and oxygen atoms in total. The maximum atomic E-state index is 8.66. The molecule has 1 aromatic rings. The Bertz CT molecular complexity index is 234. The number of rotatable bonds is 0. The maximum absolute atomic E-state index is 8.66. The average Bonchev–Trinajstić information content (AvgIpc) is 1.90. The maximum Gasteiger partial charge on any atom is 0.223 e. The van der Waals surface area contributed by atoms with Crippen molar-refractivity contribution in [1.29, 1.82) is 5.26 Å². The van der Waals surface area contributed by atoms with E-state index in [2.05, 4.69) is 0 Å². The molecule has 3 heteroatoms. The van der Waals surface area contributed by atoms with Crippen molar-refractivity contribution in [2.45, 2.75) is 0 Å². The van der Waals surface area contributed by atoms with Gasteiger partial charge in [-0.05, 0) is 0 Å². The van der Waals surface area contributed by atoms with Crippen LogP contribution in [0.3, 0.4) is 0 Å². The zero-order valence-corrected chi connectivity index (χ0v) is 4.65. The fraction of sp³-hybridized carbons (Fsp3) is 0. The van der Waals surface area contributed by atoms with Crippen LogP contribution in [0.15, 0.2) is 24.5 Å². The summed E-state index contributed by atoms with van der Waals surface area (Å²) >= 11 is 0. The number of hydrogen-bond donors (Lipinski definition) is 1. The molecule has 0 unspecified atom stereocenters. The van der Waals surface area contributed by atoms with Crippen LogP contribution in [0.2, 0.25) is 0 Å². The first-order valence-electron chi connectivity index (χ1n) is 2.43. The van der Waals surface area contributed by atoms with Crippen LogP contribution in [0.25, 0.3) is 0 Å². The predicted octanol–water partition coefficient (Wildman–Crippen LogP) is 0.0831. The fourth-order valence-electron chi connectivity index (χ4n) is 0.493. The van der Waals surface area contributed by atoms with Crippen LogP contribution in [0.5, 0.6) is 0 Å². The van der Waals surface area contributed by atoms with Gasteiger partial charge in [0.15, 0.2) is 0 Å². The Morgan fingerprint density at radius 2 is 2.00 bits per heavy atom. The van der Waals surface area contributed by atoms with E-state index in [1.54, 1.807) is 0 Å². The first-order valence-corrected chi connectivity index (χ1v) is 2.43. The van der Waals surface area contributed by atoms with Gasteiger partial charge in [0, 0.05) is 16.9 Å². The van der Waals surface area contributed by atoms with E-state index in [0.717, 1.165) is 4.73 Å². The van der Waals surface area contributed by atoms with Crippen LogP contribution in [-0.4, -0.2) is 5.21 Å². The lowest BCUT2D eigenvalue weighted by Gasteiger charge is -1.80. The van der Waals surface area contributed by atoms with Crippen LogP contribution >= 0.6 is 0 Å². The third-order valence-electron chi connectivity index (χ3n) is 0.943. The monoisotopic (exact) mass is 121 g/mol. The number of pyridine rings is 1. The Labute approximate surface area is 52.4 Å². The second-order valence-electron chi connectivity index (χ2n) is 1.58. The molecule has 0 saturated carbocycles. The van der Waals surface area contributed by atoms with Gasteiger partial charge in [-0.3, -0.25) is 5.21 Å². The Kier molecular flexibility index (Phi) is 1.32. The van der Waals surface area contributed by atoms with E-state index in [4.69, 9.17) is 10.5 Å². The van der Waals surface area contributed by atoms with Gasteiger partial charge in [0.1, 0.15) is 0 Å². The average molecular weight is 121 g/mol. The molecule has 44 valence electrons. The van der Waals surface area contributed by atoms with Crippen molar-refractivity contribution in [2.24, 2.45) is 0 Å². The summed E-state index contributed by atoms with van der Waals surface area (Å²) in [7, 11) is 0. The van der Waals surface area contributed by atoms with E-state index >= 15 is 0 Å². The van der Waals surface area contributed by atoms with Gasteiger partial charge in [-0.2, -0.15) is 5.26 Å². The Morgan fingerprint density at radius 3 is 2.44 bits per heavy atom. The summed E-state index contributed by atoms with van der Waals surface area (Å²) in [6, 6.07) is 4.99. The van der Waals surface area contributed by atoms with Crippen molar-refractivity contribution in [3.05, 3.63) is 30.1 Å². The van der Waals surface area contributed by atoms with E-state index in [1.165, 1.54) is 24.5 Å². The first-order chi connectivity index (χ1) is 4.33. The van der Waals surface area contributed by atoms with Crippen LogP contribution < -0.4 is 4.73 Å². The Morgan fingerprint density at radius 1 is 1.44 bits per heavy atom. The van der Waals surface area contributed by atoms with Crippen molar-refractivity contribution in [2.75, 3.05) is 0 Å². The molecule has 1 N–H and O–H groups in total. The van der Waals surface area contributed by atoms with Gasteiger partial charge >= 0.3 is 0 Å². The summed E-state index contributed by atoms with van der Waals surface area (Å²) < 4.78 is 0.890. The number of nitriles is 1. The quantitative estimate of drug-likeness (QED) is 0.390. The summed E-state index contributed by atoms with van der Waals surface area (Å²) in [5, 5.41) is 16.9. The van der Waals surface area contributed by atoms with Gasteiger partial charge in [0.25, 0.3) is 0 Å². The van der Waals surface area contributed by atoms with Crippen molar-refractivity contribution in [1.82, 2.24) is 0 Å². The van der Waals surface area contributed by atoms with Crippen molar-refractivity contribution in [3.63, 3.8) is 0 Å². The smallest absolute Gasteiger partial charge is 0.223 e. The molecule has 0 fully saturated rings. The minimum atomic E-state index is 0.542. The highest BCUT2D eigenvalue weighted by atomic mass is 16.5. The molecule has 0 aromatic carbocycles. The third-order valence-corrected chi connectivity index (χ3v) is 0.943. The molecule has 0 aliphatic carbocycles.